The Kier molecular flexibility index (Phi) is 4.43. The topological polar surface area (TPSA) is 49.3 Å². The van der Waals surface area contributed by atoms with Gasteiger partial charge in [-0.3, -0.25) is 4.79 Å². The molecule has 0 spiro atoms. The van der Waals surface area contributed by atoms with Gasteiger partial charge in [0.1, 0.15) is 0 Å². The molecule has 2 N–H and O–H groups in total. The van der Waals surface area contributed by atoms with Gasteiger partial charge in [0.05, 0.1) is 12.1 Å². The Morgan fingerprint density at radius 3 is 2.12 bits per heavy atom. The summed E-state index contributed by atoms with van der Waals surface area (Å²) < 4.78 is 0. The van der Waals surface area contributed by atoms with Crippen LogP contribution >= 0.6 is 0 Å². The summed E-state index contributed by atoms with van der Waals surface area (Å²) in [4.78, 5) is 12.2. The van der Waals surface area contributed by atoms with Crippen LogP contribution in [0.2, 0.25) is 0 Å². The molecule has 0 bridgehead atoms. The van der Waals surface area contributed by atoms with Gasteiger partial charge >= 0.3 is 0 Å². The van der Waals surface area contributed by atoms with Crippen LogP contribution in [-0.4, -0.2) is 23.2 Å². The maximum atomic E-state index is 12.2. The Balaban J connectivity index is 1.84. The first-order chi connectivity index (χ1) is 8.26. The Hall–Kier alpha value is -0.570. The van der Waals surface area contributed by atoms with Crippen molar-refractivity contribution in [3.05, 3.63) is 0 Å². The molecule has 17 heavy (non-hydrogen) atoms. The molecule has 1 amide bonds. The number of amides is 1. The first-order valence-corrected chi connectivity index (χ1v) is 7.19. The number of nitrogens with one attached hydrogen (secondary N) is 1. The smallest absolute Gasteiger partial charge is 0.223 e. The third-order valence-corrected chi connectivity index (χ3v) is 4.48. The lowest BCUT2D eigenvalue weighted by atomic mass is 9.76. The lowest BCUT2D eigenvalue weighted by molar-refractivity contribution is -0.129. The molecule has 0 aromatic carbocycles. The van der Waals surface area contributed by atoms with Gasteiger partial charge < -0.3 is 10.4 Å². The maximum absolute atomic E-state index is 12.2. The van der Waals surface area contributed by atoms with Crippen molar-refractivity contribution < 1.29 is 9.90 Å². The summed E-state index contributed by atoms with van der Waals surface area (Å²) in [5.74, 6) is 0.389. The van der Waals surface area contributed by atoms with E-state index < -0.39 is 0 Å². The molecule has 2 fully saturated rings. The molecule has 98 valence electrons. The number of aliphatic hydroxyl groups excluding tert-OH is 1. The molecule has 0 radical (unpaired) electrons. The van der Waals surface area contributed by atoms with E-state index in [9.17, 15) is 9.90 Å². The van der Waals surface area contributed by atoms with Gasteiger partial charge in [-0.2, -0.15) is 0 Å². The standard InChI is InChI=1S/C14H25NO2/c16-11-14(9-6-10-14)15-13(17)12-7-4-2-1-3-5-8-12/h12,16H,1-11H2,(H,15,17). The molecule has 2 rings (SSSR count). The predicted octanol–water partition coefficient (Wildman–Crippen LogP) is 2.38. The van der Waals surface area contributed by atoms with Gasteiger partial charge in [0, 0.05) is 5.92 Å². The third kappa shape index (κ3) is 3.21. The number of hydrogen-bond acceptors (Lipinski definition) is 2. The lowest BCUT2D eigenvalue weighted by Crippen LogP contribution is -2.57. The molecule has 3 nitrogen and oxygen atoms in total. The highest BCUT2D eigenvalue weighted by Gasteiger charge is 2.38. The molecule has 0 saturated heterocycles. The highest BCUT2D eigenvalue weighted by molar-refractivity contribution is 5.79. The molecule has 0 heterocycles. The first-order valence-electron chi connectivity index (χ1n) is 7.19. The van der Waals surface area contributed by atoms with Gasteiger partial charge in [0.25, 0.3) is 0 Å². The van der Waals surface area contributed by atoms with Crippen molar-refractivity contribution in [1.29, 1.82) is 0 Å². The average Bonchev–Trinajstić information content (AvgIpc) is 2.22. The van der Waals surface area contributed by atoms with Crippen molar-refractivity contribution in [3.63, 3.8) is 0 Å². The van der Waals surface area contributed by atoms with Crippen LogP contribution in [0.5, 0.6) is 0 Å². The molecule has 0 unspecified atom stereocenters. The molecule has 0 aromatic heterocycles. The largest absolute Gasteiger partial charge is 0.394 e. The fourth-order valence-corrected chi connectivity index (χ4v) is 3.01. The second kappa shape index (κ2) is 5.85. The number of hydrogen-bond donors (Lipinski definition) is 2. The van der Waals surface area contributed by atoms with Crippen molar-refractivity contribution in [2.45, 2.75) is 69.7 Å². The van der Waals surface area contributed by atoms with Gasteiger partial charge in [-0.15, -0.1) is 0 Å². The minimum absolute atomic E-state index is 0.103. The molecule has 0 atom stereocenters. The number of carbonyl (C=O) groups excluding carboxylic acids is 1. The third-order valence-electron chi connectivity index (χ3n) is 4.48. The van der Waals surface area contributed by atoms with E-state index in [2.05, 4.69) is 5.32 Å². The average molecular weight is 239 g/mol. The van der Waals surface area contributed by atoms with Crippen molar-refractivity contribution in [2.24, 2.45) is 5.92 Å². The molecule has 0 aromatic rings. The lowest BCUT2D eigenvalue weighted by Gasteiger charge is -2.42. The van der Waals surface area contributed by atoms with Crippen LogP contribution in [0.15, 0.2) is 0 Å². The van der Waals surface area contributed by atoms with Crippen molar-refractivity contribution in [2.75, 3.05) is 6.61 Å². The van der Waals surface area contributed by atoms with Crippen LogP contribution in [0.1, 0.15) is 64.2 Å². The van der Waals surface area contributed by atoms with E-state index in [4.69, 9.17) is 0 Å². The van der Waals surface area contributed by atoms with E-state index in [-0.39, 0.29) is 24.0 Å². The Morgan fingerprint density at radius 2 is 1.65 bits per heavy atom. The Bertz CT molecular complexity index is 247. The molecule has 2 aliphatic rings. The predicted molar refractivity (Wildman–Crippen MR) is 67.6 cm³/mol. The number of rotatable bonds is 3. The van der Waals surface area contributed by atoms with Crippen LogP contribution in [0.4, 0.5) is 0 Å². The molecule has 3 heteroatoms. The van der Waals surface area contributed by atoms with Crippen LogP contribution in [0.3, 0.4) is 0 Å². The van der Waals surface area contributed by atoms with E-state index in [0.717, 1.165) is 32.1 Å². The van der Waals surface area contributed by atoms with Crippen molar-refractivity contribution in [3.8, 4) is 0 Å². The Morgan fingerprint density at radius 1 is 1.06 bits per heavy atom. The van der Waals surface area contributed by atoms with Gasteiger partial charge in [0.15, 0.2) is 0 Å². The van der Waals surface area contributed by atoms with Crippen molar-refractivity contribution in [1.82, 2.24) is 5.32 Å². The summed E-state index contributed by atoms with van der Waals surface area (Å²) in [5, 5.41) is 12.5. The Labute approximate surface area is 104 Å². The quantitative estimate of drug-likeness (QED) is 0.794. The number of aliphatic hydroxyl groups is 1. The number of carbonyl (C=O) groups is 1. The fourth-order valence-electron chi connectivity index (χ4n) is 3.01. The van der Waals surface area contributed by atoms with Crippen LogP contribution in [0, 0.1) is 5.92 Å². The molecular weight excluding hydrogens is 214 g/mol. The van der Waals surface area contributed by atoms with Gasteiger partial charge in [-0.05, 0) is 32.1 Å². The minimum atomic E-state index is -0.264. The summed E-state index contributed by atoms with van der Waals surface area (Å²) in [6, 6.07) is 0. The molecular formula is C14H25NO2. The van der Waals surface area contributed by atoms with Gasteiger partial charge in [-0.1, -0.05) is 32.1 Å². The maximum Gasteiger partial charge on any atom is 0.223 e. The van der Waals surface area contributed by atoms with Crippen LogP contribution < -0.4 is 5.32 Å². The molecule has 2 aliphatic carbocycles. The summed E-state index contributed by atoms with van der Waals surface area (Å²) in [6.45, 7) is 0.103. The zero-order valence-electron chi connectivity index (χ0n) is 10.7. The van der Waals surface area contributed by atoms with E-state index in [0.29, 0.717) is 0 Å². The second-order valence-corrected chi connectivity index (χ2v) is 5.82. The normalized spacial score (nSPS) is 25.5. The summed E-state index contributed by atoms with van der Waals surface area (Å²) >= 11 is 0. The molecule has 2 saturated carbocycles. The van der Waals surface area contributed by atoms with E-state index >= 15 is 0 Å². The highest BCUT2D eigenvalue weighted by atomic mass is 16.3. The first kappa shape index (κ1) is 12.9. The van der Waals surface area contributed by atoms with Crippen molar-refractivity contribution >= 4 is 5.91 Å². The van der Waals surface area contributed by atoms with E-state index in [1.165, 1.54) is 32.1 Å². The van der Waals surface area contributed by atoms with E-state index in [1.54, 1.807) is 0 Å². The summed E-state index contributed by atoms with van der Waals surface area (Å²) in [7, 11) is 0. The fraction of sp³-hybridized carbons (Fsp3) is 0.929. The van der Waals surface area contributed by atoms with Gasteiger partial charge in [-0.25, -0.2) is 0 Å². The zero-order valence-corrected chi connectivity index (χ0v) is 10.7. The molecule has 0 aliphatic heterocycles. The SMILES string of the molecule is O=C(NC1(CO)CCC1)C1CCCCCCC1. The van der Waals surface area contributed by atoms with Crippen LogP contribution in [0.25, 0.3) is 0 Å². The highest BCUT2D eigenvalue weighted by Crippen LogP contribution is 2.32. The monoisotopic (exact) mass is 239 g/mol. The minimum Gasteiger partial charge on any atom is -0.394 e. The van der Waals surface area contributed by atoms with Crippen LogP contribution in [-0.2, 0) is 4.79 Å². The second-order valence-electron chi connectivity index (χ2n) is 5.82. The summed E-state index contributed by atoms with van der Waals surface area (Å²) in [5.41, 5.74) is -0.264. The summed E-state index contributed by atoms with van der Waals surface area (Å²) in [6.07, 6.45) is 11.3. The zero-order chi connectivity index (χ0) is 12.1. The van der Waals surface area contributed by atoms with E-state index in [1.807, 2.05) is 0 Å². The van der Waals surface area contributed by atoms with Gasteiger partial charge in [0.2, 0.25) is 5.91 Å².